The maximum Gasteiger partial charge on any atom is 0.410 e. The van der Waals surface area contributed by atoms with E-state index in [0.29, 0.717) is 52.1 Å². The summed E-state index contributed by atoms with van der Waals surface area (Å²) in [5.41, 5.74) is 2.69. The second-order valence-electron chi connectivity index (χ2n) is 14.1. The topological polar surface area (TPSA) is 69.2 Å². The van der Waals surface area contributed by atoms with Gasteiger partial charge in [0.15, 0.2) is 0 Å². The van der Waals surface area contributed by atoms with Gasteiger partial charge in [-0.1, -0.05) is 26.0 Å². The molecule has 1 aromatic carbocycles. The first-order valence-electron chi connectivity index (χ1n) is 15.3. The Bertz CT molecular complexity index is 1330. The standard InChI is InChI=1S/C33H45F2N5O3/c1-22-16-38(27(18-37-12-11-26(35)17-37)19-39(22)31(42)43-32(2,3)4)20-29(41)40-21-33(5,6)30-28(40)14-24(15-36-30)13-23-7-9-25(34)10-8-23/h7-10,14-15,22,26-27H,11-13,16-21H2,1-6H3/t22-,26-,27+/m1/s1. The molecule has 1 aromatic heterocycles. The molecule has 234 valence electrons. The van der Waals surface area contributed by atoms with Gasteiger partial charge in [-0.25, -0.2) is 13.6 Å². The molecule has 0 spiro atoms. The van der Waals surface area contributed by atoms with Crippen LogP contribution in [0.4, 0.5) is 19.3 Å². The van der Waals surface area contributed by atoms with Crippen LogP contribution in [0.5, 0.6) is 0 Å². The molecule has 0 N–H and O–H groups in total. The number of piperazine rings is 1. The van der Waals surface area contributed by atoms with Crippen LogP contribution in [0.1, 0.15) is 64.8 Å². The lowest BCUT2D eigenvalue weighted by atomic mass is 9.91. The second kappa shape index (κ2) is 12.1. The first kappa shape index (κ1) is 31.3. The number of alkyl halides is 1. The van der Waals surface area contributed by atoms with E-state index in [9.17, 15) is 18.4 Å². The zero-order valence-electron chi connectivity index (χ0n) is 26.3. The minimum atomic E-state index is -0.848. The molecule has 0 aliphatic carbocycles. The third-order valence-corrected chi connectivity index (χ3v) is 8.64. The first-order chi connectivity index (χ1) is 20.2. The molecule has 10 heteroatoms. The predicted molar refractivity (Wildman–Crippen MR) is 163 cm³/mol. The van der Waals surface area contributed by atoms with Gasteiger partial charge < -0.3 is 14.5 Å². The number of hydrogen-bond acceptors (Lipinski definition) is 6. The van der Waals surface area contributed by atoms with Crippen LogP contribution in [0.15, 0.2) is 36.5 Å². The minimum absolute atomic E-state index is 0.0275. The quantitative estimate of drug-likeness (QED) is 0.477. The molecule has 43 heavy (non-hydrogen) atoms. The number of pyridine rings is 1. The van der Waals surface area contributed by atoms with Crippen molar-refractivity contribution in [2.45, 2.75) is 83.7 Å². The normalized spacial score (nSPS) is 24.3. The summed E-state index contributed by atoms with van der Waals surface area (Å²) in [5.74, 6) is -0.302. The number of nitrogens with zero attached hydrogens (tertiary/aromatic N) is 5. The van der Waals surface area contributed by atoms with Crippen molar-refractivity contribution in [3.8, 4) is 0 Å². The van der Waals surface area contributed by atoms with E-state index in [1.54, 1.807) is 17.0 Å². The highest BCUT2D eigenvalue weighted by molar-refractivity contribution is 5.97. The van der Waals surface area contributed by atoms with Crippen LogP contribution in [0.2, 0.25) is 0 Å². The number of hydrogen-bond donors (Lipinski definition) is 0. The van der Waals surface area contributed by atoms with E-state index < -0.39 is 11.8 Å². The van der Waals surface area contributed by atoms with Crippen molar-refractivity contribution in [3.63, 3.8) is 0 Å². The molecule has 2 aromatic rings. The van der Waals surface area contributed by atoms with E-state index in [0.717, 1.165) is 22.5 Å². The number of amides is 2. The highest BCUT2D eigenvalue weighted by Crippen LogP contribution is 2.40. The largest absolute Gasteiger partial charge is 0.444 e. The van der Waals surface area contributed by atoms with Gasteiger partial charge in [0.2, 0.25) is 5.91 Å². The Kier molecular flexibility index (Phi) is 8.82. The molecule has 0 unspecified atom stereocenters. The maximum atomic E-state index is 14.1. The monoisotopic (exact) mass is 597 g/mol. The van der Waals surface area contributed by atoms with Crippen LogP contribution in [0.25, 0.3) is 0 Å². The van der Waals surface area contributed by atoms with E-state index >= 15 is 0 Å². The van der Waals surface area contributed by atoms with Crippen molar-refractivity contribution in [2.75, 3.05) is 50.7 Å². The first-order valence-corrected chi connectivity index (χ1v) is 15.3. The number of rotatable bonds is 6. The molecular weight excluding hydrogens is 552 g/mol. The Labute approximate surface area is 254 Å². The van der Waals surface area contributed by atoms with Crippen molar-refractivity contribution in [3.05, 3.63) is 59.2 Å². The Morgan fingerprint density at radius 3 is 2.47 bits per heavy atom. The molecule has 3 aliphatic rings. The molecule has 8 nitrogen and oxygen atoms in total. The van der Waals surface area contributed by atoms with Gasteiger partial charge >= 0.3 is 6.09 Å². The maximum absolute atomic E-state index is 14.1. The average Bonchev–Trinajstić information content (AvgIpc) is 3.44. The van der Waals surface area contributed by atoms with Crippen LogP contribution in [-0.2, 0) is 21.4 Å². The minimum Gasteiger partial charge on any atom is -0.444 e. The van der Waals surface area contributed by atoms with Gasteiger partial charge in [-0.3, -0.25) is 19.6 Å². The van der Waals surface area contributed by atoms with Crippen LogP contribution in [0, 0.1) is 5.82 Å². The summed E-state index contributed by atoms with van der Waals surface area (Å²) in [5, 5.41) is 0. The Hall–Kier alpha value is -3.11. The molecule has 2 saturated heterocycles. The SMILES string of the molecule is C[C@@H]1CN(CC(=O)N2CC(C)(C)c3ncc(Cc4ccc(F)cc4)cc32)[C@@H](CN2CC[C@@H](F)C2)CN1C(=O)OC(C)(C)C. The van der Waals surface area contributed by atoms with E-state index in [4.69, 9.17) is 9.72 Å². The number of fused-ring (bicyclic) bond motifs is 1. The Morgan fingerprint density at radius 1 is 1.09 bits per heavy atom. The fraction of sp³-hybridized carbons (Fsp3) is 0.606. The van der Waals surface area contributed by atoms with Crippen LogP contribution >= 0.6 is 0 Å². The number of anilines is 1. The van der Waals surface area contributed by atoms with Gasteiger partial charge in [0, 0.05) is 63.0 Å². The molecule has 0 saturated carbocycles. The predicted octanol–water partition coefficient (Wildman–Crippen LogP) is 4.79. The van der Waals surface area contributed by atoms with E-state index in [-0.39, 0.29) is 41.9 Å². The summed E-state index contributed by atoms with van der Waals surface area (Å²) in [4.78, 5) is 39.8. The third-order valence-electron chi connectivity index (χ3n) is 8.64. The number of halogens is 2. The number of likely N-dealkylation sites (tertiary alicyclic amines) is 1. The van der Waals surface area contributed by atoms with Gasteiger partial charge in [0.25, 0.3) is 0 Å². The summed E-state index contributed by atoms with van der Waals surface area (Å²) in [6, 6.07) is 8.16. The Balaban J connectivity index is 1.35. The van der Waals surface area contributed by atoms with E-state index in [1.165, 1.54) is 12.1 Å². The van der Waals surface area contributed by atoms with Crippen molar-refractivity contribution >= 4 is 17.7 Å². The summed E-state index contributed by atoms with van der Waals surface area (Å²) in [6.07, 6.45) is 1.72. The highest BCUT2D eigenvalue weighted by atomic mass is 19.1. The second-order valence-corrected chi connectivity index (χ2v) is 14.1. The lowest BCUT2D eigenvalue weighted by Gasteiger charge is -2.46. The zero-order chi connectivity index (χ0) is 31.1. The molecule has 4 heterocycles. The van der Waals surface area contributed by atoms with Crippen LogP contribution in [-0.4, -0.2) is 101 Å². The number of carbonyl (C=O) groups is 2. The number of aromatic nitrogens is 1. The molecule has 2 amide bonds. The molecule has 5 rings (SSSR count). The summed E-state index contributed by atoms with van der Waals surface area (Å²) in [6.45, 7) is 14.9. The van der Waals surface area contributed by atoms with Crippen molar-refractivity contribution in [2.24, 2.45) is 0 Å². The zero-order valence-corrected chi connectivity index (χ0v) is 26.3. The highest BCUT2D eigenvalue weighted by Gasteiger charge is 2.43. The number of carbonyl (C=O) groups excluding carboxylic acids is 2. The summed E-state index contributed by atoms with van der Waals surface area (Å²) < 4.78 is 33.2. The van der Waals surface area contributed by atoms with Gasteiger partial charge in [-0.2, -0.15) is 0 Å². The lowest BCUT2D eigenvalue weighted by molar-refractivity contribution is -0.121. The van der Waals surface area contributed by atoms with E-state index in [1.807, 2.05) is 44.9 Å². The molecule has 0 radical (unpaired) electrons. The molecule has 3 atom stereocenters. The molecule has 3 aliphatic heterocycles. The smallest absolute Gasteiger partial charge is 0.410 e. The number of benzene rings is 1. The molecule has 0 bridgehead atoms. The van der Waals surface area contributed by atoms with Crippen molar-refractivity contribution in [1.82, 2.24) is 19.7 Å². The molecule has 2 fully saturated rings. The van der Waals surface area contributed by atoms with Gasteiger partial charge in [0.05, 0.1) is 17.9 Å². The fourth-order valence-electron chi connectivity index (χ4n) is 6.49. The molecular formula is C33H45F2N5O3. The van der Waals surface area contributed by atoms with Crippen LogP contribution in [0.3, 0.4) is 0 Å². The fourth-order valence-corrected chi connectivity index (χ4v) is 6.49. The average molecular weight is 598 g/mol. The van der Waals surface area contributed by atoms with Gasteiger partial charge in [-0.15, -0.1) is 0 Å². The Morgan fingerprint density at radius 2 is 1.81 bits per heavy atom. The van der Waals surface area contributed by atoms with Crippen LogP contribution < -0.4 is 4.90 Å². The number of ether oxygens (including phenoxy) is 1. The van der Waals surface area contributed by atoms with E-state index in [2.05, 4.69) is 23.6 Å². The van der Waals surface area contributed by atoms with Gasteiger partial charge in [-0.05, 0) is 69.9 Å². The summed E-state index contributed by atoms with van der Waals surface area (Å²) >= 11 is 0. The van der Waals surface area contributed by atoms with Gasteiger partial charge in [0.1, 0.15) is 17.6 Å². The van der Waals surface area contributed by atoms with Crippen molar-refractivity contribution in [1.29, 1.82) is 0 Å². The summed E-state index contributed by atoms with van der Waals surface area (Å²) in [7, 11) is 0. The third kappa shape index (κ3) is 7.34. The van der Waals surface area contributed by atoms with Crippen molar-refractivity contribution < 1.29 is 23.1 Å². The lowest BCUT2D eigenvalue weighted by Crippen LogP contribution is -2.63.